The fraction of sp³-hybridized carbons (Fsp3) is 0.545. The Morgan fingerprint density at radius 3 is 2.13 bits per heavy atom. The summed E-state index contributed by atoms with van der Waals surface area (Å²) >= 11 is 0. The van der Waals surface area contributed by atoms with Gasteiger partial charge in [0, 0.05) is 31.3 Å². The molecule has 0 aliphatic carbocycles. The number of carbonyl (C=O) groups is 4. The summed E-state index contributed by atoms with van der Waals surface area (Å²) in [5.74, 6) is -1.31. The van der Waals surface area contributed by atoms with Crippen molar-refractivity contribution in [3.8, 4) is 0 Å². The third kappa shape index (κ3) is 6.86. The lowest BCUT2D eigenvalue weighted by atomic mass is 9.97. The minimum absolute atomic E-state index is 0.200. The summed E-state index contributed by atoms with van der Waals surface area (Å²) in [7, 11) is 0. The van der Waals surface area contributed by atoms with Gasteiger partial charge in [0.1, 0.15) is 5.60 Å². The number of ketones is 1. The Kier molecular flexibility index (Phi) is 7.59. The van der Waals surface area contributed by atoms with Gasteiger partial charge in [0.15, 0.2) is 6.10 Å². The van der Waals surface area contributed by atoms with Crippen molar-refractivity contribution in [3.05, 3.63) is 29.8 Å². The number of nitrogens with one attached hydrogen (secondary N) is 1. The molecule has 0 saturated carbocycles. The van der Waals surface area contributed by atoms with Crippen LogP contribution in [0.5, 0.6) is 0 Å². The van der Waals surface area contributed by atoms with Gasteiger partial charge in [-0.1, -0.05) is 0 Å². The molecule has 1 heterocycles. The highest BCUT2D eigenvalue weighted by molar-refractivity contribution is 6.00. The number of Topliss-reactive ketones (excluding diaryl/α,β-unsaturated/α-hetero) is 1. The lowest BCUT2D eigenvalue weighted by Gasteiger charge is -2.32. The third-order valence-corrected chi connectivity index (χ3v) is 4.63. The van der Waals surface area contributed by atoms with Crippen molar-refractivity contribution in [1.29, 1.82) is 0 Å². The summed E-state index contributed by atoms with van der Waals surface area (Å²) < 4.78 is 10.7. The Balaban J connectivity index is 1.85. The van der Waals surface area contributed by atoms with Crippen molar-refractivity contribution in [1.82, 2.24) is 4.90 Å². The van der Waals surface area contributed by atoms with Crippen LogP contribution >= 0.6 is 0 Å². The average molecular weight is 418 g/mol. The summed E-state index contributed by atoms with van der Waals surface area (Å²) in [6, 6.07) is 6.40. The molecular formula is C22H30N2O6. The number of carbonyl (C=O) groups excluding carboxylic acids is 4. The number of anilines is 1. The van der Waals surface area contributed by atoms with Crippen LogP contribution in [0.15, 0.2) is 24.3 Å². The quantitative estimate of drug-likeness (QED) is 0.581. The number of rotatable bonds is 5. The number of amides is 2. The largest absolute Gasteiger partial charge is 0.454 e. The molecule has 1 aromatic carbocycles. The van der Waals surface area contributed by atoms with Gasteiger partial charge in [-0.15, -0.1) is 0 Å². The van der Waals surface area contributed by atoms with Crippen LogP contribution in [0.3, 0.4) is 0 Å². The normalized spacial score (nSPS) is 15.8. The average Bonchev–Trinajstić information content (AvgIpc) is 2.66. The molecule has 164 valence electrons. The highest BCUT2D eigenvalue weighted by Gasteiger charge is 2.32. The van der Waals surface area contributed by atoms with E-state index in [0.29, 0.717) is 37.2 Å². The van der Waals surface area contributed by atoms with Gasteiger partial charge in [0.05, 0.1) is 5.92 Å². The number of hydrogen-bond acceptors (Lipinski definition) is 6. The van der Waals surface area contributed by atoms with Crippen molar-refractivity contribution < 1.29 is 28.7 Å². The standard InChI is InChI=1S/C22H30N2O6/c1-14(19(26)16-6-8-18(9-7-16)23-15(2)25)29-20(27)17-10-12-24(13-11-17)21(28)30-22(3,4)5/h6-9,14,17H,10-13H2,1-5H3,(H,23,25)/t14-/m0/s1. The molecule has 2 amide bonds. The minimum Gasteiger partial charge on any atom is -0.454 e. The SMILES string of the molecule is CC(=O)Nc1ccc(C(=O)[C@H](C)OC(=O)C2CCN(C(=O)OC(C)(C)C)CC2)cc1. The van der Waals surface area contributed by atoms with Crippen LogP contribution in [-0.4, -0.2) is 53.4 Å². The van der Waals surface area contributed by atoms with E-state index in [1.165, 1.54) is 13.8 Å². The van der Waals surface area contributed by atoms with Crippen LogP contribution in [0.25, 0.3) is 0 Å². The second kappa shape index (κ2) is 9.73. The van der Waals surface area contributed by atoms with Crippen molar-refractivity contribution in [3.63, 3.8) is 0 Å². The Morgan fingerprint density at radius 2 is 1.63 bits per heavy atom. The van der Waals surface area contributed by atoms with Gasteiger partial charge in [0.25, 0.3) is 0 Å². The summed E-state index contributed by atoms with van der Waals surface area (Å²) in [5.41, 5.74) is 0.410. The molecule has 8 nitrogen and oxygen atoms in total. The van der Waals surface area contributed by atoms with Gasteiger partial charge < -0.3 is 19.7 Å². The zero-order valence-electron chi connectivity index (χ0n) is 18.2. The Bertz CT molecular complexity index is 789. The lowest BCUT2D eigenvalue weighted by molar-refractivity contribution is -0.152. The monoisotopic (exact) mass is 418 g/mol. The maximum atomic E-state index is 12.5. The molecular weight excluding hydrogens is 388 g/mol. The molecule has 1 aliphatic heterocycles. The summed E-state index contributed by atoms with van der Waals surface area (Å²) in [6.07, 6.45) is -0.386. The van der Waals surface area contributed by atoms with Crippen LogP contribution < -0.4 is 5.32 Å². The van der Waals surface area contributed by atoms with E-state index in [1.807, 2.05) is 0 Å². The van der Waals surface area contributed by atoms with Crippen LogP contribution in [-0.2, 0) is 19.1 Å². The number of nitrogens with zero attached hydrogens (tertiary/aromatic N) is 1. The third-order valence-electron chi connectivity index (χ3n) is 4.63. The first-order chi connectivity index (χ1) is 14.0. The zero-order valence-corrected chi connectivity index (χ0v) is 18.2. The van der Waals surface area contributed by atoms with Crippen molar-refractivity contribution in [2.24, 2.45) is 5.92 Å². The maximum absolute atomic E-state index is 12.5. The number of hydrogen-bond donors (Lipinski definition) is 1. The molecule has 0 bridgehead atoms. The van der Waals surface area contributed by atoms with E-state index >= 15 is 0 Å². The van der Waals surface area contributed by atoms with Crippen LogP contribution in [0.1, 0.15) is 57.8 Å². The first-order valence-corrected chi connectivity index (χ1v) is 10.1. The Morgan fingerprint density at radius 1 is 1.07 bits per heavy atom. The van der Waals surface area contributed by atoms with Crippen molar-refractivity contribution in [2.45, 2.75) is 59.2 Å². The molecule has 30 heavy (non-hydrogen) atoms. The minimum atomic E-state index is -0.923. The predicted octanol–water partition coefficient (Wildman–Crippen LogP) is 3.41. The van der Waals surface area contributed by atoms with Gasteiger partial charge in [-0.25, -0.2) is 4.79 Å². The van der Waals surface area contributed by atoms with E-state index in [-0.39, 0.29) is 23.7 Å². The number of piperidine rings is 1. The number of esters is 1. The molecule has 1 aliphatic rings. The maximum Gasteiger partial charge on any atom is 0.410 e. The second-order valence-corrected chi connectivity index (χ2v) is 8.44. The second-order valence-electron chi connectivity index (χ2n) is 8.44. The molecule has 0 unspecified atom stereocenters. The van der Waals surface area contributed by atoms with E-state index in [4.69, 9.17) is 9.47 Å². The van der Waals surface area contributed by atoms with E-state index < -0.39 is 17.7 Å². The predicted molar refractivity (Wildman–Crippen MR) is 111 cm³/mol. The van der Waals surface area contributed by atoms with E-state index in [0.717, 1.165) is 0 Å². The number of likely N-dealkylation sites (tertiary alicyclic amines) is 1. The Labute approximate surface area is 176 Å². The number of benzene rings is 1. The fourth-order valence-corrected chi connectivity index (χ4v) is 3.10. The Hall–Kier alpha value is -2.90. The zero-order chi connectivity index (χ0) is 22.5. The van der Waals surface area contributed by atoms with Gasteiger partial charge in [0.2, 0.25) is 11.7 Å². The number of ether oxygens (including phenoxy) is 2. The fourth-order valence-electron chi connectivity index (χ4n) is 3.10. The van der Waals surface area contributed by atoms with E-state index in [9.17, 15) is 19.2 Å². The molecule has 0 radical (unpaired) electrons. The molecule has 8 heteroatoms. The van der Waals surface area contributed by atoms with Crippen LogP contribution in [0.2, 0.25) is 0 Å². The topological polar surface area (TPSA) is 102 Å². The smallest absolute Gasteiger partial charge is 0.410 e. The van der Waals surface area contributed by atoms with E-state index in [1.54, 1.807) is 49.9 Å². The molecule has 1 N–H and O–H groups in total. The van der Waals surface area contributed by atoms with Crippen molar-refractivity contribution in [2.75, 3.05) is 18.4 Å². The first-order valence-electron chi connectivity index (χ1n) is 10.1. The summed E-state index contributed by atoms with van der Waals surface area (Å²) in [6.45, 7) is 9.17. The van der Waals surface area contributed by atoms with Crippen LogP contribution in [0, 0.1) is 5.92 Å². The lowest BCUT2D eigenvalue weighted by Crippen LogP contribution is -2.43. The molecule has 0 aromatic heterocycles. The van der Waals surface area contributed by atoms with Gasteiger partial charge in [-0.2, -0.15) is 0 Å². The van der Waals surface area contributed by atoms with Gasteiger partial charge in [-0.05, 0) is 64.8 Å². The van der Waals surface area contributed by atoms with Gasteiger partial charge >= 0.3 is 12.1 Å². The molecule has 1 saturated heterocycles. The van der Waals surface area contributed by atoms with Gasteiger partial charge in [-0.3, -0.25) is 14.4 Å². The van der Waals surface area contributed by atoms with Crippen molar-refractivity contribution >= 4 is 29.4 Å². The summed E-state index contributed by atoms with van der Waals surface area (Å²) in [4.78, 5) is 49.8. The van der Waals surface area contributed by atoms with E-state index in [2.05, 4.69) is 5.32 Å². The molecule has 1 atom stereocenters. The molecule has 1 fully saturated rings. The molecule has 2 rings (SSSR count). The summed E-state index contributed by atoms with van der Waals surface area (Å²) in [5, 5.41) is 2.63. The van der Waals surface area contributed by atoms with Crippen LogP contribution in [0.4, 0.5) is 10.5 Å². The highest BCUT2D eigenvalue weighted by atomic mass is 16.6. The molecule has 1 aromatic rings. The highest BCUT2D eigenvalue weighted by Crippen LogP contribution is 2.22. The first kappa shape index (κ1) is 23.4. The molecule has 0 spiro atoms.